The lowest BCUT2D eigenvalue weighted by molar-refractivity contribution is -0.120. The Morgan fingerprint density at radius 3 is 2.87 bits per heavy atom. The molecule has 1 amide bonds. The van der Waals surface area contributed by atoms with Gasteiger partial charge in [-0.3, -0.25) is 4.79 Å². The van der Waals surface area contributed by atoms with Gasteiger partial charge in [0.2, 0.25) is 21.1 Å². The van der Waals surface area contributed by atoms with Crippen molar-refractivity contribution in [2.45, 2.75) is 43.4 Å². The van der Waals surface area contributed by atoms with Gasteiger partial charge in [0.05, 0.1) is 11.7 Å². The highest BCUT2D eigenvalue weighted by molar-refractivity contribution is 8.01. The Labute approximate surface area is 186 Å². The second-order valence-electron chi connectivity index (χ2n) is 7.31. The van der Waals surface area contributed by atoms with Crippen LogP contribution in [0.3, 0.4) is 0 Å². The molecule has 7 nitrogen and oxygen atoms in total. The van der Waals surface area contributed by atoms with Crippen LogP contribution in [0.1, 0.15) is 38.2 Å². The number of nitrogens with zero attached hydrogens (tertiary/aromatic N) is 3. The number of hydrogen-bond donors (Lipinski definition) is 1. The molecule has 3 rings (SSSR count). The van der Waals surface area contributed by atoms with E-state index in [0.29, 0.717) is 30.9 Å². The summed E-state index contributed by atoms with van der Waals surface area (Å²) in [6, 6.07) is 9.88. The van der Waals surface area contributed by atoms with Gasteiger partial charge in [-0.1, -0.05) is 60.4 Å². The largest absolute Gasteiger partial charge is 0.300 e. The van der Waals surface area contributed by atoms with Crippen LogP contribution in [0.2, 0.25) is 0 Å². The SMILES string of the molecule is CCCSc1nnc(NC(=O)[C@@H]2CCCN(S(=O)(=O)CCCc3ccccc3)C2)s1. The molecule has 10 heteroatoms. The highest BCUT2D eigenvalue weighted by Crippen LogP contribution is 2.27. The van der Waals surface area contributed by atoms with Crippen LogP contribution in [0.15, 0.2) is 34.7 Å². The molecule has 0 unspecified atom stereocenters. The van der Waals surface area contributed by atoms with Crippen molar-refractivity contribution < 1.29 is 13.2 Å². The first-order valence-corrected chi connectivity index (χ1v) is 13.7. The van der Waals surface area contributed by atoms with E-state index in [1.54, 1.807) is 11.8 Å². The van der Waals surface area contributed by atoms with Gasteiger partial charge in [-0.15, -0.1) is 10.2 Å². The molecule has 0 bridgehead atoms. The number of carbonyl (C=O) groups excluding carboxylic acids is 1. The van der Waals surface area contributed by atoms with E-state index in [9.17, 15) is 13.2 Å². The van der Waals surface area contributed by atoms with Gasteiger partial charge in [0, 0.05) is 18.8 Å². The van der Waals surface area contributed by atoms with E-state index in [1.807, 2.05) is 30.3 Å². The standard InChI is InChI=1S/C20H28N4O3S3/c1-2-13-28-20-23-22-19(29-20)21-18(25)17-11-6-12-24(15-17)30(26,27)14-7-10-16-8-4-3-5-9-16/h3-5,8-9,17H,2,6-7,10-15H2,1H3,(H,21,22,25)/t17-/m1/s1. The van der Waals surface area contributed by atoms with Crippen molar-refractivity contribution in [3.05, 3.63) is 35.9 Å². The summed E-state index contributed by atoms with van der Waals surface area (Å²) in [5.74, 6) is 0.521. The zero-order valence-corrected chi connectivity index (χ0v) is 19.6. The molecule has 0 aliphatic carbocycles. The maximum Gasteiger partial charge on any atom is 0.230 e. The minimum Gasteiger partial charge on any atom is -0.300 e. The van der Waals surface area contributed by atoms with Crippen LogP contribution >= 0.6 is 23.1 Å². The second-order valence-corrected chi connectivity index (χ2v) is 11.7. The Hall–Kier alpha value is -1.49. The third-order valence-corrected chi connectivity index (χ3v) is 9.03. The lowest BCUT2D eigenvalue weighted by Gasteiger charge is -2.31. The minimum atomic E-state index is -3.37. The second kappa shape index (κ2) is 11.2. The number of rotatable bonds is 10. The van der Waals surface area contributed by atoms with Crippen molar-refractivity contribution in [2.24, 2.45) is 5.92 Å². The topological polar surface area (TPSA) is 92.3 Å². The molecule has 30 heavy (non-hydrogen) atoms. The molecule has 0 spiro atoms. The number of amides is 1. The number of nitrogens with one attached hydrogen (secondary N) is 1. The summed E-state index contributed by atoms with van der Waals surface area (Å²) in [6.07, 6.45) is 3.71. The number of aryl methyl sites for hydroxylation is 1. The number of benzene rings is 1. The van der Waals surface area contributed by atoms with Gasteiger partial charge in [-0.05, 0) is 37.7 Å². The fraction of sp³-hybridized carbons (Fsp3) is 0.550. The molecule has 1 N–H and O–H groups in total. The van der Waals surface area contributed by atoms with Gasteiger partial charge >= 0.3 is 0 Å². The first-order valence-electron chi connectivity index (χ1n) is 10.3. The van der Waals surface area contributed by atoms with Crippen LogP contribution in [0.4, 0.5) is 5.13 Å². The lowest BCUT2D eigenvalue weighted by Crippen LogP contribution is -2.44. The Bertz CT molecular complexity index is 918. The minimum absolute atomic E-state index is 0.102. The van der Waals surface area contributed by atoms with Gasteiger partial charge in [0.1, 0.15) is 0 Å². The molecule has 1 fully saturated rings. The van der Waals surface area contributed by atoms with E-state index in [1.165, 1.54) is 15.6 Å². The maximum absolute atomic E-state index is 12.8. The summed E-state index contributed by atoms with van der Waals surface area (Å²) in [4.78, 5) is 12.7. The molecule has 1 aliphatic rings. The summed E-state index contributed by atoms with van der Waals surface area (Å²) >= 11 is 2.98. The Morgan fingerprint density at radius 2 is 2.10 bits per heavy atom. The van der Waals surface area contributed by atoms with Crippen LogP contribution in [0.5, 0.6) is 0 Å². The van der Waals surface area contributed by atoms with Gasteiger partial charge in [0.25, 0.3) is 0 Å². The molecule has 1 aromatic heterocycles. The fourth-order valence-corrected chi connectivity index (χ4v) is 6.62. The molecule has 0 saturated carbocycles. The molecule has 0 radical (unpaired) electrons. The number of anilines is 1. The number of aromatic nitrogens is 2. The lowest BCUT2D eigenvalue weighted by atomic mass is 9.99. The van der Waals surface area contributed by atoms with Gasteiger partial charge in [-0.25, -0.2) is 12.7 Å². The summed E-state index contributed by atoms with van der Waals surface area (Å²) in [5.41, 5.74) is 1.14. The summed E-state index contributed by atoms with van der Waals surface area (Å²) in [5, 5.41) is 11.4. The maximum atomic E-state index is 12.8. The van der Waals surface area contributed by atoms with Crippen LogP contribution < -0.4 is 5.32 Å². The zero-order chi connectivity index (χ0) is 21.4. The Morgan fingerprint density at radius 1 is 1.30 bits per heavy atom. The third-order valence-electron chi connectivity index (χ3n) is 4.93. The molecule has 2 aromatic rings. The first kappa shape index (κ1) is 23.2. The van der Waals surface area contributed by atoms with Crippen molar-refractivity contribution in [3.8, 4) is 0 Å². The number of carbonyl (C=O) groups is 1. The number of sulfonamides is 1. The van der Waals surface area contributed by atoms with E-state index in [4.69, 9.17) is 0 Å². The highest BCUT2D eigenvalue weighted by Gasteiger charge is 2.32. The van der Waals surface area contributed by atoms with E-state index in [0.717, 1.165) is 28.5 Å². The average molecular weight is 469 g/mol. The molecule has 164 valence electrons. The smallest absolute Gasteiger partial charge is 0.230 e. The van der Waals surface area contributed by atoms with E-state index in [-0.39, 0.29) is 24.1 Å². The summed E-state index contributed by atoms with van der Waals surface area (Å²) < 4.78 is 27.9. The number of thioether (sulfide) groups is 1. The van der Waals surface area contributed by atoms with Crippen molar-refractivity contribution in [3.63, 3.8) is 0 Å². The number of hydrogen-bond acceptors (Lipinski definition) is 7. The average Bonchev–Trinajstić information content (AvgIpc) is 3.20. The molecular formula is C20H28N4O3S3. The van der Waals surface area contributed by atoms with Crippen molar-refractivity contribution in [1.82, 2.24) is 14.5 Å². The molecule has 1 aliphatic heterocycles. The Kier molecular flexibility index (Phi) is 8.67. The first-order chi connectivity index (χ1) is 14.5. The highest BCUT2D eigenvalue weighted by atomic mass is 32.2. The van der Waals surface area contributed by atoms with E-state index < -0.39 is 10.0 Å². The fourth-order valence-electron chi connectivity index (χ4n) is 3.36. The summed E-state index contributed by atoms with van der Waals surface area (Å²) in [6.45, 7) is 2.81. The molecule has 2 heterocycles. The predicted octanol–water partition coefficient (Wildman–Crippen LogP) is 3.65. The van der Waals surface area contributed by atoms with Crippen LogP contribution in [0, 0.1) is 5.92 Å². The predicted molar refractivity (Wildman–Crippen MR) is 122 cm³/mol. The Balaban J connectivity index is 1.50. The third kappa shape index (κ3) is 6.76. The van der Waals surface area contributed by atoms with Crippen molar-refractivity contribution in [2.75, 3.05) is 29.9 Å². The molecule has 1 atom stereocenters. The quantitative estimate of drug-likeness (QED) is 0.423. The van der Waals surface area contributed by atoms with E-state index in [2.05, 4.69) is 22.4 Å². The normalized spacial score (nSPS) is 17.7. The van der Waals surface area contributed by atoms with Gasteiger partial charge in [0.15, 0.2) is 4.34 Å². The van der Waals surface area contributed by atoms with Crippen LogP contribution in [0.25, 0.3) is 0 Å². The summed E-state index contributed by atoms with van der Waals surface area (Å²) in [7, 11) is -3.37. The van der Waals surface area contributed by atoms with Crippen molar-refractivity contribution in [1.29, 1.82) is 0 Å². The monoisotopic (exact) mass is 468 g/mol. The van der Waals surface area contributed by atoms with Crippen LogP contribution in [-0.4, -0.2) is 53.4 Å². The van der Waals surface area contributed by atoms with E-state index >= 15 is 0 Å². The van der Waals surface area contributed by atoms with Gasteiger partial charge in [-0.2, -0.15) is 0 Å². The zero-order valence-electron chi connectivity index (χ0n) is 17.1. The van der Waals surface area contributed by atoms with Crippen LogP contribution in [-0.2, 0) is 21.2 Å². The van der Waals surface area contributed by atoms with Gasteiger partial charge < -0.3 is 5.32 Å². The molecular weight excluding hydrogens is 440 g/mol. The van der Waals surface area contributed by atoms with Crippen molar-refractivity contribution >= 4 is 44.2 Å². The number of piperidine rings is 1. The molecule has 1 saturated heterocycles. The molecule has 1 aromatic carbocycles.